The van der Waals surface area contributed by atoms with Crippen molar-refractivity contribution in [1.82, 2.24) is 4.98 Å². The molecule has 246 valence electrons. The summed E-state index contributed by atoms with van der Waals surface area (Å²) in [6, 6.07) is 22.8. The molecule has 5 N–H and O–H groups in total. The maximum Gasteiger partial charge on any atom is 0.488 e. The number of carbonyl (C=O) groups excluding carboxylic acids is 2. The predicted molar refractivity (Wildman–Crippen MR) is 186 cm³/mol. The van der Waals surface area contributed by atoms with Gasteiger partial charge in [0.25, 0.3) is 0 Å². The van der Waals surface area contributed by atoms with Crippen LogP contribution in [0, 0.1) is 17.8 Å². The number of anilines is 1. The number of aromatic nitrogens is 1. The molecule has 2 aliphatic rings. The molecule has 4 atom stereocenters. The summed E-state index contributed by atoms with van der Waals surface area (Å²) < 4.78 is 0. The molecule has 1 aromatic heterocycles. The van der Waals surface area contributed by atoms with E-state index < -0.39 is 49.4 Å². The van der Waals surface area contributed by atoms with E-state index in [1.807, 2.05) is 61.5 Å². The first-order valence-electron chi connectivity index (χ1n) is 16.4. The summed E-state index contributed by atoms with van der Waals surface area (Å²) in [5.41, 5.74) is 4.42. The third kappa shape index (κ3) is 6.32. The zero-order valence-electron chi connectivity index (χ0n) is 26.7. The number of hydrogen-bond acceptors (Lipinski definition) is 8. The normalized spacial score (nSPS) is 20.4. The number of amides is 2. The minimum atomic E-state index is -1.76. The molecule has 1 aliphatic heterocycles. The van der Waals surface area contributed by atoms with Gasteiger partial charge >= 0.3 is 7.12 Å². The molecule has 1 aliphatic carbocycles. The number of phenolic OH excluding ortho intramolecular Hbond substituents is 1. The number of benzene rings is 3. The van der Waals surface area contributed by atoms with Gasteiger partial charge in [0, 0.05) is 17.5 Å². The SMILES string of the molecule is CCCC1=C([C@H](O)CC/C(=C/c2ccc(O)c3ccccc23)c2ccccn2)[C@H](CO)[C@@H]2C(=O)N(c3cccc(B(O)O)c3)C(=O)[C@@H]2C1. The van der Waals surface area contributed by atoms with E-state index in [1.54, 1.807) is 24.4 Å². The molecule has 48 heavy (non-hydrogen) atoms. The van der Waals surface area contributed by atoms with Crippen LogP contribution in [0.3, 0.4) is 0 Å². The molecular weight excluding hydrogens is 607 g/mol. The van der Waals surface area contributed by atoms with Crippen LogP contribution < -0.4 is 10.4 Å². The number of carbonyl (C=O) groups is 2. The van der Waals surface area contributed by atoms with Crippen LogP contribution in [0.2, 0.25) is 0 Å². The highest BCUT2D eigenvalue weighted by molar-refractivity contribution is 6.58. The Hall–Kier alpha value is -4.61. The van der Waals surface area contributed by atoms with Gasteiger partial charge < -0.3 is 25.4 Å². The molecule has 9 nitrogen and oxygen atoms in total. The number of nitrogens with zero attached hydrogens (tertiary/aromatic N) is 2. The van der Waals surface area contributed by atoms with Crippen LogP contribution in [0.1, 0.15) is 50.3 Å². The Labute approximate surface area is 279 Å². The van der Waals surface area contributed by atoms with Crippen LogP contribution in [-0.4, -0.2) is 62.0 Å². The fraction of sp³-hybridized carbons (Fsp3) is 0.289. The van der Waals surface area contributed by atoms with Gasteiger partial charge in [0.15, 0.2) is 0 Å². The van der Waals surface area contributed by atoms with Crippen molar-refractivity contribution in [2.45, 2.75) is 45.1 Å². The smallest absolute Gasteiger partial charge is 0.488 e. The van der Waals surface area contributed by atoms with Gasteiger partial charge in [0.1, 0.15) is 5.75 Å². The van der Waals surface area contributed by atoms with E-state index in [4.69, 9.17) is 0 Å². The molecule has 2 amide bonds. The second-order valence-corrected chi connectivity index (χ2v) is 12.6. The van der Waals surface area contributed by atoms with Crippen molar-refractivity contribution >= 4 is 52.5 Å². The first-order chi connectivity index (χ1) is 23.2. The van der Waals surface area contributed by atoms with Gasteiger partial charge in [-0.3, -0.25) is 19.5 Å². The molecule has 0 bridgehead atoms. The average Bonchev–Trinajstić information content (AvgIpc) is 3.35. The van der Waals surface area contributed by atoms with Crippen LogP contribution in [0.15, 0.2) is 96.2 Å². The summed E-state index contributed by atoms with van der Waals surface area (Å²) in [5.74, 6) is -2.97. The molecule has 0 unspecified atom stereocenters. The van der Waals surface area contributed by atoms with Crippen molar-refractivity contribution in [2.75, 3.05) is 11.5 Å². The van der Waals surface area contributed by atoms with E-state index in [0.717, 1.165) is 44.5 Å². The van der Waals surface area contributed by atoms with Crippen molar-refractivity contribution in [3.63, 3.8) is 0 Å². The Balaban J connectivity index is 1.32. The van der Waals surface area contributed by atoms with Crippen LogP contribution in [0.4, 0.5) is 5.69 Å². The lowest BCUT2D eigenvalue weighted by Gasteiger charge is -2.36. The molecule has 0 saturated carbocycles. The Morgan fingerprint density at radius 2 is 1.77 bits per heavy atom. The minimum absolute atomic E-state index is 0.152. The Kier molecular flexibility index (Phi) is 9.89. The number of hydrogen-bond donors (Lipinski definition) is 5. The number of aliphatic hydroxyl groups is 2. The van der Waals surface area contributed by atoms with E-state index >= 15 is 0 Å². The maximum absolute atomic E-state index is 13.9. The fourth-order valence-electron chi connectivity index (χ4n) is 7.47. The number of aliphatic hydroxyl groups excluding tert-OH is 2. The molecule has 6 rings (SSSR count). The standard InChI is InChI=1S/C38H39BN2O7/c1-2-8-25-20-30-36(38(46)41(37(30)45)27-10-7-9-26(21-27)39(47)48)31(22-42)35(25)34(44)17-15-24(32-13-5-6-18-40-32)19-23-14-16-33(43)29-12-4-3-11-28(23)29/h3-7,9-14,16,18-19,21,30-31,34,36,42-44,47-48H,2,8,15,17,20,22H2,1H3/b24-19-/t30-,31+,34-,36-/m1/s1. The molecule has 2 heterocycles. The molecule has 0 spiro atoms. The monoisotopic (exact) mass is 646 g/mol. The van der Waals surface area contributed by atoms with Crippen molar-refractivity contribution in [1.29, 1.82) is 0 Å². The highest BCUT2D eigenvalue weighted by Crippen LogP contribution is 2.48. The van der Waals surface area contributed by atoms with Gasteiger partial charge in [-0.2, -0.15) is 0 Å². The molecular formula is C38H39BN2O7. The van der Waals surface area contributed by atoms with Crippen LogP contribution in [-0.2, 0) is 9.59 Å². The maximum atomic E-state index is 13.9. The fourth-order valence-corrected chi connectivity index (χ4v) is 7.47. The summed E-state index contributed by atoms with van der Waals surface area (Å²) in [4.78, 5) is 33.4. The highest BCUT2D eigenvalue weighted by atomic mass is 16.4. The summed E-state index contributed by atoms with van der Waals surface area (Å²) in [6.45, 7) is 1.60. The molecule has 10 heteroatoms. The van der Waals surface area contributed by atoms with Crippen molar-refractivity contribution in [2.24, 2.45) is 17.8 Å². The number of fused-ring (bicyclic) bond motifs is 2. The van der Waals surface area contributed by atoms with Gasteiger partial charge in [-0.1, -0.05) is 67.4 Å². The molecule has 1 saturated heterocycles. The molecule has 3 aromatic carbocycles. The average molecular weight is 647 g/mol. The van der Waals surface area contributed by atoms with Crippen molar-refractivity contribution < 1.29 is 35.0 Å². The second-order valence-electron chi connectivity index (χ2n) is 12.6. The van der Waals surface area contributed by atoms with Crippen molar-refractivity contribution in [3.05, 3.63) is 107 Å². The van der Waals surface area contributed by atoms with Crippen LogP contribution in [0.5, 0.6) is 5.75 Å². The minimum Gasteiger partial charge on any atom is -0.507 e. The number of allylic oxidation sites excluding steroid dienone is 2. The number of imide groups is 1. The van der Waals surface area contributed by atoms with Gasteiger partial charge in [-0.05, 0) is 89.6 Å². The highest BCUT2D eigenvalue weighted by Gasteiger charge is 2.55. The van der Waals surface area contributed by atoms with E-state index in [1.165, 1.54) is 12.1 Å². The second kappa shape index (κ2) is 14.3. The lowest BCUT2D eigenvalue weighted by atomic mass is 9.67. The summed E-state index contributed by atoms with van der Waals surface area (Å²) in [6.07, 6.45) is 5.14. The first kappa shape index (κ1) is 33.3. The number of aromatic hydroxyl groups is 1. The molecule has 4 aromatic rings. The lowest BCUT2D eigenvalue weighted by Crippen LogP contribution is -2.39. The summed E-state index contributed by atoms with van der Waals surface area (Å²) in [7, 11) is -1.76. The number of pyridine rings is 1. The van der Waals surface area contributed by atoms with Gasteiger partial charge in [-0.15, -0.1) is 0 Å². The van der Waals surface area contributed by atoms with Gasteiger partial charge in [0.05, 0.1) is 35.9 Å². The predicted octanol–water partition coefficient (Wildman–Crippen LogP) is 4.22. The topological polar surface area (TPSA) is 151 Å². The van der Waals surface area contributed by atoms with Crippen molar-refractivity contribution in [3.8, 4) is 5.75 Å². The van der Waals surface area contributed by atoms with Gasteiger partial charge in [-0.25, -0.2) is 0 Å². The number of rotatable bonds is 11. The van der Waals surface area contributed by atoms with E-state index in [-0.39, 0.29) is 23.3 Å². The number of phenols is 1. The van der Waals surface area contributed by atoms with Crippen LogP contribution >= 0.6 is 0 Å². The summed E-state index contributed by atoms with van der Waals surface area (Å²) >= 11 is 0. The van der Waals surface area contributed by atoms with Crippen LogP contribution in [0.25, 0.3) is 22.4 Å². The van der Waals surface area contributed by atoms with Gasteiger partial charge in [0.2, 0.25) is 11.8 Å². The zero-order chi connectivity index (χ0) is 33.9. The summed E-state index contributed by atoms with van der Waals surface area (Å²) in [5, 5.41) is 54.1. The van der Waals surface area contributed by atoms with E-state index in [9.17, 15) is 35.0 Å². The Morgan fingerprint density at radius 1 is 1.00 bits per heavy atom. The van der Waals surface area contributed by atoms with E-state index in [0.29, 0.717) is 24.8 Å². The Morgan fingerprint density at radius 3 is 2.48 bits per heavy atom. The first-order valence-corrected chi connectivity index (χ1v) is 16.4. The largest absolute Gasteiger partial charge is 0.507 e. The Bertz CT molecular complexity index is 1890. The third-order valence-electron chi connectivity index (χ3n) is 9.66. The van der Waals surface area contributed by atoms with E-state index in [2.05, 4.69) is 4.98 Å². The molecule has 1 fully saturated rings. The third-order valence-corrected chi connectivity index (χ3v) is 9.66. The quantitative estimate of drug-likeness (QED) is 0.0924. The molecule has 0 radical (unpaired) electrons. The zero-order valence-corrected chi connectivity index (χ0v) is 26.7. The lowest BCUT2D eigenvalue weighted by molar-refractivity contribution is -0.123.